The van der Waals surface area contributed by atoms with Gasteiger partial charge in [0.1, 0.15) is 11.6 Å². The molecule has 0 radical (unpaired) electrons. The summed E-state index contributed by atoms with van der Waals surface area (Å²) in [5.74, 6) is -0.976. The van der Waals surface area contributed by atoms with Gasteiger partial charge in [-0.25, -0.2) is 12.8 Å². The Morgan fingerprint density at radius 3 is 2.38 bits per heavy atom. The molecular formula is C21H17FN2O4S. The molecule has 3 aromatic rings. The van der Waals surface area contributed by atoms with Crippen molar-refractivity contribution in [3.8, 4) is 5.75 Å². The number of para-hydroxylation sites is 3. The molecule has 0 spiro atoms. The largest absolute Gasteiger partial charge is 0.476 e. The number of ether oxygens (including phenoxy) is 1. The lowest BCUT2D eigenvalue weighted by Gasteiger charge is -2.34. The molecule has 29 heavy (non-hydrogen) atoms. The Labute approximate surface area is 167 Å². The van der Waals surface area contributed by atoms with Crippen LogP contribution < -0.4 is 14.4 Å². The SMILES string of the molecule is O=C(Nc1ccccc1F)C1CN(S(=O)(=O)c2ccccc2)c2ccccc2O1. The molecule has 0 aromatic heterocycles. The minimum absolute atomic E-state index is 0.00238. The lowest BCUT2D eigenvalue weighted by atomic mass is 10.2. The number of sulfonamides is 1. The third-order valence-electron chi connectivity index (χ3n) is 4.49. The van der Waals surface area contributed by atoms with Crippen LogP contribution in [0.4, 0.5) is 15.8 Å². The van der Waals surface area contributed by atoms with Gasteiger partial charge < -0.3 is 10.1 Å². The van der Waals surface area contributed by atoms with Crippen LogP contribution in [0.2, 0.25) is 0 Å². The monoisotopic (exact) mass is 412 g/mol. The molecule has 1 atom stereocenters. The van der Waals surface area contributed by atoms with Gasteiger partial charge in [-0.1, -0.05) is 42.5 Å². The van der Waals surface area contributed by atoms with E-state index in [2.05, 4.69) is 5.32 Å². The molecule has 0 aliphatic carbocycles. The van der Waals surface area contributed by atoms with Crippen molar-refractivity contribution in [1.82, 2.24) is 0 Å². The quantitative estimate of drug-likeness (QED) is 0.713. The van der Waals surface area contributed by atoms with E-state index in [0.29, 0.717) is 5.69 Å². The normalized spacial score (nSPS) is 15.9. The van der Waals surface area contributed by atoms with Crippen LogP contribution in [0.1, 0.15) is 0 Å². The van der Waals surface area contributed by atoms with Crippen molar-refractivity contribution in [2.24, 2.45) is 0 Å². The summed E-state index contributed by atoms with van der Waals surface area (Å²) in [4.78, 5) is 12.8. The lowest BCUT2D eigenvalue weighted by Crippen LogP contribution is -2.48. The summed E-state index contributed by atoms with van der Waals surface area (Å²) >= 11 is 0. The maximum atomic E-state index is 13.9. The number of carbonyl (C=O) groups excluding carboxylic acids is 1. The molecule has 0 saturated heterocycles. The number of nitrogens with one attached hydrogen (secondary N) is 1. The molecule has 148 valence electrons. The van der Waals surface area contributed by atoms with E-state index in [1.54, 1.807) is 48.5 Å². The van der Waals surface area contributed by atoms with Crippen LogP contribution in [0.3, 0.4) is 0 Å². The van der Waals surface area contributed by atoms with Crippen LogP contribution in [0.15, 0.2) is 83.8 Å². The minimum Gasteiger partial charge on any atom is -0.476 e. The summed E-state index contributed by atoms with van der Waals surface area (Å²) in [6.07, 6.45) is -1.15. The second-order valence-corrected chi connectivity index (χ2v) is 8.25. The van der Waals surface area contributed by atoms with Gasteiger partial charge >= 0.3 is 0 Å². The van der Waals surface area contributed by atoms with E-state index >= 15 is 0 Å². The Kier molecular flexibility index (Phi) is 4.94. The molecule has 3 aromatic carbocycles. The molecule has 1 aliphatic rings. The summed E-state index contributed by atoms with van der Waals surface area (Å²) < 4.78 is 47.2. The molecule has 1 unspecified atom stereocenters. The van der Waals surface area contributed by atoms with Gasteiger partial charge in [0.25, 0.3) is 15.9 Å². The zero-order chi connectivity index (χ0) is 20.4. The van der Waals surface area contributed by atoms with E-state index in [4.69, 9.17) is 4.74 Å². The fourth-order valence-corrected chi connectivity index (χ4v) is 4.56. The Morgan fingerprint density at radius 2 is 1.62 bits per heavy atom. The number of halogens is 1. The zero-order valence-electron chi connectivity index (χ0n) is 15.2. The van der Waals surface area contributed by atoms with Crippen molar-refractivity contribution in [2.45, 2.75) is 11.0 Å². The minimum atomic E-state index is -3.92. The third kappa shape index (κ3) is 3.66. The Balaban J connectivity index is 1.68. The van der Waals surface area contributed by atoms with Crippen molar-refractivity contribution >= 4 is 27.3 Å². The predicted molar refractivity (Wildman–Crippen MR) is 107 cm³/mol. The maximum Gasteiger partial charge on any atom is 0.267 e. The van der Waals surface area contributed by atoms with Crippen LogP contribution >= 0.6 is 0 Å². The highest BCUT2D eigenvalue weighted by Gasteiger charge is 2.37. The molecule has 8 heteroatoms. The Hall–Kier alpha value is -3.39. The first kappa shape index (κ1) is 18.9. The number of hydrogen-bond acceptors (Lipinski definition) is 4. The van der Waals surface area contributed by atoms with Gasteiger partial charge in [0.15, 0.2) is 6.10 Å². The number of amides is 1. The van der Waals surface area contributed by atoms with Crippen molar-refractivity contribution in [3.63, 3.8) is 0 Å². The first-order valence-corrected chi connectivity index (χ1v) is 10.3. The van der Waals surface area contributed by atoms with Crippen molar-refractivity contribution in [2.75, 3.05) is 16.2 Å². The zero-order valence-corrected chi connectivity index (χ0v) is 16.0. The summed E-state index contributed by atoms with van der Waals surface area (Å²) in [6.45, 7) is -0.242. The van der Waals surface area contributed by atoms with Gasteiger partial charge in [0.05, 0.1) is 22.8 Å². The van der Waals surface area contributed by atoms with Gasteiger partial charge in [-0.05, 0) is 36.4 Å². The molecule has 1 amide bonds. The van der Waals surface area contributed by atoms with Crippen molar-refractivity contribution < 1.29 is 22.3 Å². The van der Waals surface area contributed by atoms with Gasteiger partial charge in [-0.2, -0.15) is 0 Å². The fraction of sp³-hybridized carbons (Fsp3) is 0.0952. The Bertz CT molecular complexity index is 1150. The third-order valence-corrected chi connectivity index (χ3v) is 6.28. The van der Waals surface area contributed by atoms with E-state index in [1.807, 2.05) is 0 Å². The van der Waals surface area contributed by atoms with Crippen LogP contribution in [0, 0.1) is 5.82 Å². The number of carbonyl (C=O) groups is 1. The summed E-state index contributed by atoms with van der Waals surface area (Å²) in [5.41, 5.74) is 0.337. The first-order valence-electron chi connectivity index (χ1n) is 8.86. The number of hydrogen-bond donors (Lipinski definition) is 1. The number of rotatable bonds is 4. The summed E-state index contributed by atoms with van der Waals surface area (Å²) in [5, 5.41) is 2.46. The highest BCUT2D eigenvalue weighted by Crippen LogP contribution is 2.37. The maximum absolute atomic E-state index is 13.9. The summed E-state index contributed by atoms with van der Waals surface area (Å²) in [7, 11) is -3.92. The van der Waals surface area contributed by atoms with E-state index in [1.165, 1.54) is 30.3 Å². The van der Waals surface area contributed by atoms with Gasteiger partial charge in [0, 0.05) is 0 Å². The first-order chi connectivity index (χ1) is 14.0. The average Bonchev–Trinajstić information content (AvgIpc) is 2.75. The Morgan fingerprint density at radius 1 is 0.966 bits per heavy atom. The summed E-state index contributed by atoms with van der Waals surface area (Å²) in [6, 6.07) is 20.3. The van der Waals surface area contributed by atoms with Crippen molar-refractivity contribution in [3.05, 3.63) is 84.7 Å². The lowest BCUT2D eigenvalue weighted by molar-refractivity contribution is -0.122. The van der Waals surface area contributed by atoms with E-state index in [-0.39, 0.29) is 22.9 Å². The molecule has 1 aliphatic heterocycles. The predicted octanol–water partition coefficient (Wildman–Crippen LogP) is 3.42. The van der Waals surface area contributed by atoms with Crippen LogP contribution in [0.25, 0.3) is 0 Å². The average molecular weight is 412 g/mol. The molecule has 0 saturated carbocycles. The van der Waals surface area contributed by atoms with Crippen LogP contribution in [-0.4, -0.2) is 27.0 Å². The topological polar surface area (TPSA) is 75.7 Å². The van der Waals surface area contributed by atoms with E-state index in [0.717, 1.165) is 4.31 Å². The molecule has 1 N–H and O–H groups in total. The van der Waals surface area contributed by atoms with Gasteiger partial charge in [0.2, 0.25) is 0 Å². The molecule has 0 fully saturated rings. The smallest absolute Gasteiger partial charge is 0.267 e. The van der Waals surface area contributed by atoms with Crippen molar-refractivity contribution in [1.29, 1.82) is 0 Å². The highest BCUT2D eigenvalue weighted by atomic mass is 32.2. The molecule has 0 bridgehead atoms. The number of anilines is 2. The second-order valence-electron chi connectivity index (χ2n) is 6.39. The molecule has 4 rings (SSSR count). The van der Waals surface area contributed by atoms with E-state index in [9.17, 15) is 17.6 Å². The molecule has 1 heterocycles. The fourth-order valence-electron chi connectivity index (χ4n) is 3.06. The van der Waals surface area contributed by atoms with Crippen LogP contribution in [-0.2, 0) is 14.8 Å². The number of fused-ring (bicyclic) bond motifs is 1. The second kappa shape index (κ2) is 7.56. The van der Waals surface area contributed by atoms with Crippen LogP contribution in [0.5, 0.6) is 5.75 Å². The molecule has 6 nitrogen and oxygen atoms in total. The molecular weight excluding hydrogens is 395 g/mol. The van der Waals surface area contributed by atoms with Gasteiger partial charge in [-0.15, -0.1) is 0 Å². The van der Waals surface area contributed by atoms with E-state index < -0.39 is 27.9 Å². The van der Waals surface area contributed by atoms with Gasteiger partial charge in [-0.3, -0.25) is 9.10 Å². The standard InChI is InChI=1S/C21H17FN2O4S/c22-16-10-4-5-11-17(16)23-21(25)20-14-24(18-12-6-7-13-19(18)28-20)29(26,27)15-8-2-1-3-9-15/h1-13,20H,14H2,(H,23,25). The number of benzene rings is 3. The number of nitrogens with zero attached hydrogens (tertiary/aromatic N) is 1. The highest BCUT2D eigenvalue weighted by molar-refractivity contribution is 7.92.